The summed E-state index contributed by atoms with van der Waals surface area (Å²) in [6.07, 6.45) is 5.98. The van der Waals surface area contributed by atoms with Crippen LogP contribution >= 0.6 is 0 Å². The van der Waals surface area contributed by atoms with Crippen LogP contribution in [0.25, 0.3) is 11.2 Å². The van der Waals surface area contributed by atoms with Gasteiger partial charge in [0.05, 0.1) is 0 Å². The van der Waals surface area contributed by atoms with Crippen molar-refractivity contribution in [3.63, 3.8) is 0 Å². The van der Waals surface area contributed by atoms with Crippen LogP contribution in [0.4, 0.5) is 5.95 Å². The maximum Gasteiger partial charge on any atom is 0.329 e. The smallest absolute Gasteiger partial charge is 0.329 e. The number of anilines is 1. The van der Waals surface area contributed by atoms with Gasteiger partial charge >= 0.3 is 5.69 Å². The van der Waals surface area contributed by atoms with Crippen LogP contribution in [-0.4, -0.2) is 25.1 Å². The molecule has 0 saturated heterocycles. The molecule has 0 unspecified atom stereocenters. The summed E-state index contributed by atoms with van der Waals surface area (Å²) in [6, 6.07) is 0.391. The summed E-state index contributed by atoms with van der Waals surface area (Å²) < 4.78 is 3.33. The number of hydrogen-bond donors (Lipinski definition) is 2. The molecule has 2 aromatic rings. The molecular formula is C16H25N5O2. The molecule has 1 saturated carbocycles. The van der Waals surface area contributed by atoms with Gasteiger partial charge in [0, 0.05) is 19.6 Å². The van der Waals surface area contributed by atoms with Crippen LogP contribution in [-0.2, 0) is 13.6 Å². The Bertz CT molecular complexity index is 808. The number of hydrogen-bond acceptors (Lipinski definition) is 4. The minimum absolute atomic E-state index is 0.368. The predicted molar refractivity (Wildman–Crippen MR) is 90.9 cm³/mol. The van der Waals surface area contributed by atoms with Gasteiger partial charge in [-0.1, -0.05) is 33.1 Å². The molecule has 1 aliphatic rings. The fourth-order valence-corrected chi connectivity index (χ4v) is 3.32. The lowest BCUT2D eigenvalue weighted by atomic mass is 9.96. The lowest BCUT2D eigenvalue weighted by Gasteiger charge is -2.24. The zero-order chi connectivity index (χ0) is 16.6. The van der Waals surface area contributed by atoms with E-state index in [0.717, 1.165) is 12.8 Å². The molecule has 0 bridgehead atoms. The third kappa shape index (κ3) is 3.04. The summed E-state index contributed by atoms with van der Waals surface area (Å²) in [7, 11) is 1.64. The van der Waals surface area contributed by atoms with Gasteiger partial charge < -0.3 is 9.88 Å². The highest BCUT2D eigenvalue weighted by Gasteiger charge is 2.21. The van der Waals surface area contributed by atoms with Crippen molar-refractivity contribution < 1.29 is 0 Å². The summed E-state index contributed by atoms with van der Waals surface area (Å²) in [6.45, 7) is 4.89. The SMILES string of the molecule is CC(C)Cn1c(NC2CCCCC2)nc2c1c(=O)[nH]c(=O)n2C. The van der Waals surface area contributed by atoms with Crippen LogP contribution in [0, 0.1) is 5.92 Å². The van der Waals surface area contributed by atoms with Gasteiger partial charge in [0.2, 0.25) is 5.95 Å². The number of aryl methyl sites for hydroxylation is 1. The minimum Gasteiger partial charge on any atom is -0.353 e. The highest BCUT2D eigenvalue weighted by Crippen LogP contribution is 2.23. The number of imidazole rings is 1. The van der Waals surface area contributed by atoms with Crippen molar-refractivity contribution in [2.45, 2.75) is 58.5 Å². The Morgan fingerprint density at radius 1 is 1.26 bits per heavy atom. The molecule has 0 aromatic carbocycles. The normalized spacial score (nSPS) is 16.3. The number of nitrogens with one attached hydrogen (secondary N) is 2. The average Bonchev–Trinajstić information content (AvgIpc) is 2.84. The Morgan fingerprint density at radius 2 is 1.96 bits per heavy atom. The van der Waals surface area contributed by atoms with Gasteiger partial charge in [-0.2, -0.15) is 4.98 Å². The largest absolute Gasteiger partial charge is 0.353 e. The van der Waals surface area contributed by atoms with Crippen molar-refractivity contribution in [2.75, 3.05) is 5.32 Å². The second-order valence-electron chi connectivity index (χ2n) is 6.91. The van der Waals surface area contributed by atoms with Gasteiger partial charge in [-0.15, -0.1) is 0 Å². The van der Waals surface area contributed by atoms with E-state index in [4.69, 9.17) is 0 Å². The first kappa shape index (κ1) is 15.8. The van der Waals surface area contributed by atoms with E-state index in [1.54, 1.807) is 7.05 Å². The number of fused-ring (bicyclic) bond motifs is 1. The molecule has 1 fully saturated rings. The summed E-state index contributed by atoms with van der Waals surface area (Å²) in [5.74, 6) is 1.07. The first-order chi connectivity index (χ1) is 11.0. The molecule has 2 heterocycles. The van der Waals surface area contributed by atoms with Crippen molar-refractivity contribution in [1.82, 2.24) is 19.1 Å². The Hall–Kier alpha value is -2.05. The number of aromatic amines is 1. The zero-order valence-corrected chi connectivity index (χ0v) is 14.1. The lowest BCUT2D eigenvalue weighted by molar-refractivity contribution is 0.456. The predicted octanol–water partition coefficient (Wildman–Crippen LogP) is 1.82. The van der Waals surface area contributed by atoms with E-state index in [1.807, 2.05) is 4.57 Å². The first-order valence-corrected chi connectivity index (χ1v) is 8.43. The van der Waals surface area contributed by atoms with Crippen LogP contribution in [0.15, 0.2) is 9.59 Å². The van der Waals surface area contributed by atoms with Gasteiger partial charge in [-0.25, -0.2) is 4.79 Å². The highest BCUT2D eigenvalue weighted by molar-refractivity contribution is 5.74. The van der Waals surface area contributed by atoms with Crippen LogP contribution < -0.4 is 16.6 Å². The molecule has 0 amide bonds. The van der Waals surface area contributed by atoms with Crippen LogP contribution in [0.1, 0.15) is 46.0 Å². The number of aromatic nitrogens is 4. The van der Waals surface area contributed by atoms with E-state index in [0.29, 0.717) is 35.6 Å². The van der Waals surface area contributed by atoms with Crippen molar-refractivity contribution >= 4 is 17.1 Å². The van der Waals surface area contributed by atoms with E-state index in [9.17, 15) is 9.59 Å². The third-order valence-electron chi connectivity index (χ3n) is 4.49. The van der Waals surface area contributed by atoms with Gasteiger partial charge in [0.15, 0.2) is 11.2 Å². The molecule has 0 spiro atoms. The fourth-order valence-electron chi connectivity index (χ4n) is 3.32. The second-order valence-corrected chi connectivity index (χ2v) is 6.91. The standard InChI is InChI=1S/C16H25N5O2/c1-10(2)9-21-12-13(20(3)16(23)19-14(12)22)18-15(21)17-11-7-5-4-6-8-11/h10-11H,4-9H2,1-3H3,(H,17,18)(H,19,22,23). The van der Waals surface area contributed by atoms with Crippen LogP contribution in [0.5, 0.6) is 0 Å². The van der Waals surface area contributed by atoms with E-state index in [2.05, 4.69) is 29.1 Å². The average molecular weight is 319 g/mol. The van der Waals surface area contributed by atoms with E-state index < -0.39 is 5.69 Å². The van der Waals surface area contributed by atoms with Crippen LogP contribution in [0.3, 0.4) is 0 Å². The summed E-state index contributed by atoms with van der Waals surface area (Å²) >= 11 is 0. The Labute approximate surface area is 134 Å². The molecule has 2 aromatic heterocycles. The number of H-pyrrole nitrogens is 1. The molecule has 7 heteroatoms. The summed E-state index contributed by atoms with van der Waals surface area (Å²) in [5.41, 5.74) is 0.116. The maximum absolute atomic E-state index is 12.3. The van der Waals surface area contributed by atoms with Gasteiger partial charge in [0.25, 0.3) is 5.56 Å². The van der Waals surface area contributed by atoms with E-state index in [1.165, 1.54) is 23.8 Å². The molecule has 2 N–H and O–H groups in total. The Morgan fingerprint density at radius 3 is 2.61 bits per heavy atom. The Balaban J connectivity index is 2.11. The molecule has 7 nitrogen and oxygen atoms in total. The quantitative estimate of drug-likeness (QED) is 0.900. The molecule has 0 aliphatic heterocycles. The van der Waals surface area contributed by atoms with Crippen LogP contribution in [0.2, 0.25) is 0 Å². The minimum atomic E-state index is -0.430. The van der Waals surface area contributed by atoms with Crippen molar-refractivity contribution in [3.05, 3.63) is 20.8 Å². The lowest BCUT2D eigenvalue weighted by Crippen LogP contribution is -2.29. The maximum atomic E-state index is 12.3. The number of nitrogens with zero attached hydrogens (tertiary/aromatic N) is 3. The molecule has 23 heavy (non-hydrogen) atoms. The fraction of sp³-hybridized carbons (Fsp3) is 0.688. The first-order valence-electron chi connectivity index (χ1n) is 8.43. The monoisotopic (exact) mass is 319 g/mol. The summed E-state index contributed by atoms with van der Waals surface area (Å²) in [5, 5.41) is 3.50. The van der Waals surface area contributed by atoms with Crippen molar-refractivity contribution in [2.24, 2.45) is 13.0 Å². The van der Waals surface area contributed by atoms with Gasteiger partial charge in [-0.3, -0.25) is 14.3 Å². The molecule has 1 aliphatic carbocycles. The third-order valence-corrected chi connectivity index (χ3v) is 4.49. The zero-order valence-electron chi connectivity index (χ0n) is 14.1. The van der Waals surface area contributed by atoms with Crippen molar-refractivity contribution in [3.8, 4) is 0 Å². The highest BCUT2D eigenvalue weighted by atomic mass is 16.2. The number of rotatable bonds is 4. The molecule has 3 rings (SSSR count). The van der Waals surface area contributed by atoms with Gasteiger partial charge in [-0.05, 0) is 18.8 Å². The molecule has 126 valence electrons. The van der Waals surface area contributed by atoms with E-state index in [-0.39, 0.29) is 5.56 Å². The van der Waals surface area contributed by atoms with Gasteiger partial charge in [0.1, 0.15) is 0 Å². The molecular weight excluding hydrogens is 294 g/mol. The topological polar surface area (TPSA) is 84.7 Å². The van der Waals surface area contributed by atoms with Crippen molar-refractivity contribution in [1.29, 1.82) is 0 Å². The summed E-state index contributed by atoms with van der Waals surface area (Å²) in [4.78, 5) is 31.1. The Kier molecular flexibility index (Phi) is 4.28. The molecule has 0 atom stereocenters. The molecule has 0 radical (unpaired) electrons. The second kappa shape index (κ2) is 6.22. The van der Waals surface area contributed by atoms with E-state index >= 15 is 0 Å².